The van der Waals surface area contributed by atoms with Crippen LogP contribution >= 0.6 is 0 Å². The summed E-state index contributed by atoms with van der Waals surface area (Å²) in [5, 5.41) is 2.30. The molecule has 9 aromatic rings. The van der Waals surface area contributed by atoms with Gasteiger partial charge in [-0.2, -0.15) is 6.07 Å². The van der Waals surface area contributed by atoms with Gasteiger partial charge in [0.05, 0.1) is 0 Å². The van der Waals surface area contributed by atoms with Gasteiger partial charge in [-0.1, -0.05) is 131 Å². The summed E-state index contributed by atoms with van der Waals surface area (Å²) in [6.45, 7) is 27.0. The van der Waals surface area contributed by atoms with Crippen molar-refractivity contribution in [3.05, 3.63) is 197 Å². The van der Waals surface area contributed by atoms with Crippen molar-refractivity contribution in [3.8, 4) is 39.6 Å². The van der Waals surface area contributed by atoms with Gasteiger partial charge in [0.2, 0.25) is 0 Å². The van der Waals surface area contributed by atoms with E-state index in [4.69, 9.17) is 9.72 Å². The summed E-state index contributed by atoms with van der Waals surface area (Å²) in [4.78, 5) is 9.67. The number of anilines is 4. The second-order valence-electron chi connectivity index (χ2n) is 19.9. The second kappa shape index (κ2) is 17.3. The SMILES string of the molecule is Cc1c(C)c(C)c(N2[CH-]N(c3[c-]c(Oc4[c-]c5c(c(C(C)(C)C)c4)c4ccccc4n5-c4cc(-c5c(-c6ccccc6)cccc5C(C)(C)C)ccn4)ccc3)c3ccccc32)c(C)c1C.[Pt]. The summed E-state index contributed by atoms with van der Waals surface area (Å²) in [6.07, 6.45) is 1.95. The van der Waals surface area contributed by atoms with Crippen LogP contribution in [-0.4, -0.2) is 9.55 Å². The molecule has 7 aromatic carbocycles. The maximum atomic E-state index is 6.90. The standard InChI is InChI=1S/C61H57N4O.Pt/c1-38-39(2)41(4)59(42(5)40(38)3)64-37-63(53-29-17-18-30-54(53)64)45-23-19-24-46(34-45)66-47-35-51(61(9,10)11)58-49-25-15-16-28-52(49)65(55(58)36-47)56-33-44(31-32-62-56)57-48(43-21-13-12-14-22-43)26-20-27-50(57)60(6,7)8;/h12-33,35,37H,1-11H3;/q-3;. The molecule has 1 aliphatic heterocycles. The van der Waals surface area contributed by atoms with Gasteiger partial charge < -0.3 is 19.1 Å². The van der Waals surface area contributed by atoms with Gasteiger partial charge in [0.25, 0.3) is 0 Å². The number of para-hydroxylation sites is 3. The normalized spacial score (nSPS) is 12.8. The Kier molecular flexibility index (Phi) is 11.8. The zero-order valence-corrected chi connectivity index (χ0v) is 42.6. The number of nitrogens with zero attached hydrogens (tertiary/aromatic N) is 4. The molecule has 0 radical (unpaired) electrons. The van der Waals surface area contributed by atoms with Crippen LogP contribution in [0.2, 0.25) is 0 Å². The number of ether oxygens (including phenoxy) is 1. The van der Waals surface area contributed by atoms with E-state index in [0.29, 0.717) is 11.5 Å². The fourth-order valence-electron chi connectivity index (χ4n) is 9.99. The van der Waals surface area contributed by atoms with E-state index in [1.54, 1.807) is 0 Å². The van der Waals surface area contributed by atoms with E-state index >= 15 is 0 Å². The van der Waals surface area contributed by atoms with Gasteiger partial charge in [-0.05, 0) is 137 Å². The third kappa shape index (κ3) is 7.95. The molecule has 0 aliphatic carbocycles. The van der Waals surface area contributed by atoms with Crippen LogP contribution in [0.5, 0.6) is 11.5 Å². The van der Waals surface area contributed by atoms with Crippen LogP contribution in [0.15, 0.2) is 140 Å². The zero-order chi connectivity index (χ0) is 46.2. The summed E-state index contributed by atoms with van der Waals surface area (Å²) < 4.78 is 9.17. The average molecular weight is 1060 g/mol. The molecule has 10 rings (SSSR count). The molecular formula is C61H57N4OPt-3. The number of fused-ring (bicyclic) bond motifs is 4. The Hall–Kier alpha value is -6.42. The van der Waals surface area contributed by atoms with Crippen LogP contribution in [-0.2, 0) is 31.9 Å². The molecule has 340 valence electrons. The molecule has 0 N–H and O–H groups in total. The van der Waals surface area contributed by atoms with Gasteiger partial charge in [-0.25, -0.2) is 4.98 Å². The van der Waals surface area contributed by atoms with Crippen LogP contribution in [0, 0.1) is 53.4 Å². The van der Waals surface area contributed by atoms with Crippen molar-refractivity contribution in [2.24, 2.45) is 0 Å². The van der Waals surface area contributed by atoms with Gasteiger partial charge in [-0.15, -0.1) is 48.3 Å². The number of hydrogen-bond acceptors (Lipinski definition) is 4. The average Bonchev–Trinajstić information content (AvgIpc) is 3.86. The summed E-state index contributed by atoms with van der Waals surface area (Å²) in [7, 11) is 0. The van der Waals surface area contributed by atoms with Crippen molar-refractivity contribution in [1.29, 1.82) is 0 Å². The largest absolute Gasteiger partial charge is 0.509 e. The molecule has 0 saturated carbocycles. The minimum Gasteiger partial charge on any atom is -0.509 e. The summed E-state index contributed by atoms with van der Waals surface area (Å²) in [5.41, 5.74) is 19.7. The molecule has 0 unspecified atom stereocenters. The first-order valence-electron chi connectivity index (χ1n) is 23.1. The summed E-state index contributed by atoms with van der Waals surface area (Å²) in [6, 6.07) is 54.8. The Morgan fingerprint density at radius 1 is 0.552 bits per heavy atom. The van der Waals surface area contributed by atoms with Crippen molar-refractivity contribution in [1.82, 2.24) is 9.55 Å². The van der Waals surface area contributed by atoms with Gasteiger partial charge in [0.15, 0.2) is 0 Å². The maximum absolute atomic E-state index is 6.90. The Morgan fingerprint density at radius 3 is 1.88 bits per heavy atom. The minimum absolute atomic E-state index is 0. The monoisotopic (exact) mass is 1060 g/mol. The molecule has 6 heteroatoms. The fourth-order valence-corrected chi connectivity index (χ4v) is 9.99. The van der Waals surface area contributed by atoms with E-state index in [9.17, 15) is 0 Å². The first-order chi connectivity index (χ1) is 31.6. The Labute approximate surface area is 411 Å². The predicted octanol–water partition coefficient (Wildman–Crippen LogP) is 16.4. The Balaban J connectivity index is 0.00000562. The van der Waals surface area contributed by atoms with E-state index in [2.05, 4.69) is 231 Å². The van der Waals surface area contributed by atoms with E-state index in [1.807, 2.05) is 18.3 Å². The van der Waals surface area contributed by atoms with Crippen LogP contribution < -0.4 is 14.5 Å². The number of rotatable bonds is 7. The number of hydrogen-bond donors (Lipinski definition) is 0. The molecule has 5 nitrogen and oxygen atoms in total. The van der Waals surface area contributed by atoms with E-state index in [-0.39, 0.29) is 31.9 Å². The van der Waals surface area contributed by atoms with Gasteiger partial charge in [0.1, 0.15) is 5.82 Å². The molecule has 1 aliphatic rings. The second-order valence-corrected chi connectivity index (χ2v) is 19.9. The smallest absolute Gasteiger partial charge is 0.136 e. The van der Waals surface area contributed by atoms with Crippen molar-refractivity contribution in [3.63, 3.8) is 0 Å². The van der Waals surface area contributed by atoms with Crippen LogP contribution in [0.25, 0.3) is 49.9 Å². The third-order valence-corrected chi connectivity index (χ3v) is 13.8. The summed E-state index contributed by atoms with van der Waals surface area (Å²) >= 11 is 0. The first kappa shape index (κ1) is 45.7. The Morgan fingerprint density at radius 2 is 1.18 bits per heavy atom. The third-order valence-electron chi connectivity index (χ3n) is 13.8. The molecule has 0 bridgehead atoms. The molecule has 3 heterocycles. The molecule has 0 amide bonds. The van der Waals surface area contributed by atoms with Gasteiger partial charge in [-0.3, -0.25) is 0 Å². The molecule has 67 heavy (non-hydrogen) atoms. The van der Waals surface area contributed by atoms with Crippen molar-refractivity contribution >= 4 is 44.6 Å². The number of aromatic nitrogens is 2. The van der Waals surface area contributed by atoms with Crippen molar-refractivity contribution < 1.29 is 25.8 Å². The fraction of sp³-hybridized carbons (Fsp3) is 0.213. The minimum atomic E-state index is -0.224. The van der Waals surface area contributed by atoms with Crippen molar-refractivity contribution in [2.45, 2.75) is 87.0 Å². The number of benzene rings is 7. The molecule has 0 atom stereocenters. The van der Waals surface area contributed by atoms with Gasteiger partial charge in [0, 0.05) is 61.3 Å². The van der Waals surface area contributed by atoms with E-state index in [1.165, 1.54) is 61.3 Å². The Bertz CT molecular complexity index is 3320. The molecule has 0 saturated heterocycles. The maximum Gasteiger partial charge on any atom is 0.136 e. The zero-order valence-electron chi connectivity index (χ0n) is 40.4. The number of pyridine rings is 1. The predicted molar refractivity (Wildman–Crippen MR) is 276 cm³/mol. The van der Waals surface area contributed by atoms with Crippen LogP contribution in [0.4, 0.5) is 22.7 Å². The topological polar surface area (TPSA) is 33.5 Å². The summed E-state index contributed by atoms with van der Waals surface area (Å²) in [5.74, 6) is 2.05. The molecular weight excluding hydrogens is 1000 g/mol. The molecule has 2 aromatic heterocycles. The van der Waals surface area contributed by atoms with Crippen LogP contribution in [0.3, 0.4) is 0 Å². The first-order valence-corrected chi connectivity index (χ1v) is 23.1. The quantitative estimate of drug-likeness (QED) is 0.149. The van der Waals surface area contributed by atoms with Crippen molar-refractivity contribution in [2.75, 3.05) is 9.80 Å². The molecule has 0 fully saturated rings. The molecule has 0 spiro atoms. The van der Waals surface area contributed by atoms with Gasteiger partial charge >= 0.3 is 0 Å². The van der Waals surface area contributed by atoms with E-state index < -0.39 is 0 Å². The van der Waals surface area contributed by atoms with Crippen LogP contribution in [0.1, 0.15) is 80.5 Å². The van der Waals surface area contributed by atoms with E-state index in [0.717, 1.165) is 50.2 Å².